The smallest absolute Gasteiger partial charge is 0.408 e. The number of ether oxygens (including phenoxy) is 1. The quantitative estimate of drug-likeness (QED) is 0.244. The molecule has 41 heavy (non-hydrogen) atoms. The Bertz CT molecular complexity index is 1240. The van der Waals surface area contributed by atoms with E-state index in [2.05, 4.69) is 10.6 Å². The Morgan fingerprint density at radius 2 is 1.56 bits per heavy atom. The van der Waals surface area contributed by atoms with Gasteiger partial charge in [0.25, 0.3) is 5.91 Å². The normalized spacial score (nSPS) is 18.0. The van der Waals surface area contributed by atoms with Crippen LogP contribution in [0.5, 0.6) is 0 Å². The molecule has 1 heterocycles. The number of nitrogens with one attached hydrogen (secondary N) is 2. The van der Waals surface area contributed by atoms with Gasteiger partial charge in [0, 0.05) is 6.54 Å². The molecule has 12 heteroatoms. The fourth-order valence-electron chi connectivity index (χ4n) is 4.92. The molecule has 2 aromatic carbocycles. The minimum absolute atomic E-state index is 0.0275. The molecule has 0 spiro atoms. The molecule has 2 aromatic rings. The van der Waals surface area contributed by atoms with Gasteiger partial charge in [-0.05, 0) is 29.4 Å². The molecule has 5 amide bonds. The number of likely N-dealkylation sites (tertiary alicyclic amines) is 1. The SMILES string of the molecule is CC1(C)CCN(C(=O)C(O)C(Cc2ccccc2)NC(=O)[C@H](CC(N)=O)NC(=O)OCc2ccccc2)[C@@H]1C(N)=O. The second-order valence-corrected chi connectivity index (χ2v) is 10.8. The third-order valence-corrected chi connectivity index (χ3v) is 7.09. The number of hydrogen-bond acceptors (Lipinski definition) is 7. The van der Waals surface area contributed by atoms with E-state index >= 15 is 0 Å². The Morgan fingerprint density at radius 3 is 2.12 bits per heavy atom. The third kappa shape index (κ3) is 8.52. The van der Waals surface area contributed by atoms with Crippen molar-refractivity contribution in [2.75, 3.05) is 6.54 Å². The standard InChI is InChI=1S/C29H37N5O7/c1-29(2)13-14-34(24(29)25(31)37)27(39)23(36)20(15-18-9-5-3-6-10-18)32-26(38)21(16-22(30)35)33-28(40)41-17-19-11-7-4-8-12-19/h3-12,20-21,23-24,36H,13-17H2,1-2H3,(H2,30,35)(H2,31,37)(H,32,38)(H,33,40)/t20?,21-,23?,24+/m0/s1. The Balaban J connectivity index is 1.78. The van der Waals surface area contributed by atoms with E-state index in [1.807, 2.05) is 13.8 Å². The number of benzene rings is 2. The molecule has 0 aliphatic carbocycles. The summed E-state index contributed by atoms with van der Waals surface area (Å²) in [5.41, 5.74) is 11.7. The van der Waals surface area contributed by atoms with Crippen molar-refractivity contribution in [2.24, 2.45) is 16.9 Å². The summed E-state index contributed by atoms with van der Waals surface area (Å²) in [6.07, 6.45) is -2.77. The topological polar surface area (TPSA) is 194 Å². The first-order valence-corrected chi connectivity index (χ1v) is 13.3. The van der Waals surface area contributed by atoms with Gasteiger partial charge in [0.15, 0.2) is 6.10 Å². The Labute approximate surface area is 238 Å². The first-order valence-electron chi connectivity index (χ1n) is 13.3. The van der Waals surface area contributed by atoms with E-state index in [4.69, 9.17) is 16.2 Å². The fourth-order valence-corrected chi connectivity index (χ4v) is 4.92. The van der Waals surface area contributed by atoms with Gasteiger partial charge in [0.05, 0.1) is 12.5 Å². The monoisotopic (exact) mass is 567 g/mol. The lowest BCUT2D eigenvalue weighted by Gasteiger charge is -2.33. The fraction of sp³-hybridized carbons (Fsp3) is 0.414. The van der Waals surface area contributed by atoms with Crippen molar-refractivity contribution in [3.63, 3.8) is 0 Å². The van der Waals surface area contributed by atoms with Gasteiger partial charge in [-0.3, -0.25) is 19.2 Å². The molecule has 4 atom stereocenters. The minimum Gasteiger partial charge on any atom is -0.445 e. The van der Waals surface area contributed by atoms with Crippen LogP contribution in [0, 0.1) is 5.41 Å². The highest BCUT2D eigenvalue weighted by molar-refractivity contribution is 5.93. The zero-order chi connectivity index (χ0) is 30.2. The van der Waals surface area contributed by atoms with Crippen LogP contribution in [0.4, 0.5) is 4.79 Å². The molecule has 220 valence electrons. The number of aliphatic hydroxyl groups is 1. The van der Waals surface area contributed by atoms with E-state index in [-0.39, 0.29) is 19.6 Å². The zero-order valence-electron chi connectivity index (χ0n) is 23.1. The summed E-state index contributed by atoms with van der Waals surface area (Å²) in [7, 11) is 0. The number of amides is 5. The van der Waals surface area contributed by atoms with Crippen LogP contribution in [0.3, 0.4) is 0 Å². The lowest BCUT2D eigenvalue weighted by molar-refractivity contribution is -0.148. The van der Waals surface area contributed by atoms with Crippen molar-refractivity contribution in [3.8, 4) is 0 Å². The number of hydrogen-bond donors (Lipinski definition) is 5. The summed E-state index contributed by atoms with van der Waals surface area (Å²) in [4.78, 5) is 64.4. The lowest BCUT2D eigenvalue weighted by Crippen LogP contribution is -2.59. The van der Waals surface area contributed by atoms with Gasteiger partial charge >= 0.3 is 6.09 Å². The summed E-state index contributed by atoms with van der Waals surface area (Å²) in [6.45, 7) is 3.74. The number of rotatable bonds is 12. The number of alkyl carbamates (subject to hydrolysis) is 1. The molecule has 3 rings (SSSR count). The van der Waals surface area contributed by atoms with E-state index in [0.29, 0.717) is 17.5 Å². The number of carbonyl (C=O) groups excluding carboxylic acids is 5. The number of nitrogens with two attached hydrogens (primary N) is 2. The lowest BCUT2D eigenvalue weighted by atomic mass is 9.84. The van der Waals surface area contributed by atoms with Crippen LogP contribution in [0.1, 0.15) is 37.8 Å². The third-order valence-electron chi connectivity index (χ3n) is 7.09. The average Bonchev–Trinajstić information content (AvgIpc) is 3.26. The molecular formula is C29H37N5O7. The van der Waals surface area contributed by atoms with Crippen molar-refractivity contribution in [3.05, 3.63) is 71.8 Å². The second-order valence-electron chi connectivity index (χ2n) is 10.8. The van der Waals surface area contributed by atoms with Crippen molar-refractivity contribution in [1.82, 2.24) is 15.5 Å². The van der Waals surface area contributed by atoms with Crippen molar-refractivity contribution >= 4 is 29.7 Å². The Morgan fingerprint density at radius 1 is 0.976 bits per heavy atom. The maximum absolute atomic E-state index is 13.5. The molecule has 1 fully saturated rings. The molecule has 0 radical (unpaired) electrons. The van der Waals surface area contributed by atoms with Crippen LogP contribution in [0.15, 0.2) is 60.7 Å². The van der Waals surface area contributed by atoms with Crippen LogP contribution >= 0.6 is 0 Å². The average molecular weight is 568 g/mol. The molecule has 12 nitrogen and oxygen atoms in total. The van der Waals surface area contributed by atoms with E-state index in [1.54, 1.807) is 60.7 Å². The second kappa shape index (κ2) is 13.8. The molecule has 0 saturated carbocycles. The summed E-state index contributed by atoms with van der Waals surface area (Å²) in [5, 5.41) is 16.1. The highest BCUT2D eigenvalue weighted by Gasteiger charge is 2.48. The van der Waals surface area contributed by atoms with Gasteiger partial charge < -0.3 is 36.8 Å². The van der Waals surface area contributed by atoms with Crippen molar-refractivity contribution in [2.45, 2.75) is 63.9 Å². The maximum atomic E-state index is 13.5. The first-order chi connectivity index (χ1) is 19.4. The van der Waals surface area contributed by atoms with Crippen molar-refractivity contribution < 1.29 is 33.8 Å². The van der Waals surface area contributed by atoms with E-state index in [9.17, 15) is 29.1 Å². The van der Waals surface area contributed by atoms with Gasteiger partial charge in [-0.15, -0.1) is 0 Å². The van der Waals surface area contributed by atoms with Crippen LogP contribution in [-0.2, 0) is 36.9 Å². The van der Waals surface area contributed by atoms with Gasteiger partial charge in [-0.25, -0.2) is 4.79 Å². The summed E-state index contributed by atoms with van der Waals surface area (Å²) < 4.78 is 5.16. The van der Waals surface area contributed by atoms with Crippen LogP contribution < -0.4 is 22.1 Å². The molecular weight excluding hydrogens is 530 g/mol. The predicted octanol–water partition coefficient (Wildman–Crippen LogP) is 0.358. The number of aliphatic hydroxyl groups excluding tert-OH is 1. The Hall–Kier alpha value is -4.45. The highest BCUT2D eigenvalue weighted by Crippen LogP contribution is 2.36. The largest absolute Gasteiger partial charge is 0.445 e. The van der Waals surface area contributed by atoms with Gasteiger partial charge in [-0.2, -0.15) is 0 Å². The predicted molar refractivity (Wildman–Crippen MR) is 149 cm³/mol. The van der Waals surface area contributed by atoms with E-state index in [0.717, 1.165) is 0 Å². The van der Waals surface area contributed by atoms with Crippen LogP contribution in [0.25, 0.3) is 0 Å². The summed E-state index contributed by atoms with van der Waals surface area (Å²) in [6, 6.07) is 14.1. The minimum atomic E-state index is -1.77. The highest BCUT2D eigenvalue weighted by atomic mass is 16.5. The molecule has 0 aromatic heterocycles. The molecule has 0 bridgehead atoms. The first kappa shape index (κ1) is 31.1. The summed E-state index contributed by atoms with van der Waals surface area (Å²) >= 11 is 0. The van der Waals surface area contributed by atoms with E-state index in [1.165, 1.54) is 4.90 Å². The van der Waals surface area contributed by atoms with Gasteiger partial charge in [0.1, 0.15) is 18.7 Å². The number of carbonyl (C=O) groups is 5. The number of nitrogens with zero attached hydrogens (tertiary/aromatic N) is 1. The molecule has 1 saturated heterocycles. The zero-order valence-corrected chi connectivity index (χ0v) is 23.1. The Kier molecular flexibility index (Phi) is 10.4. The van der Waals surface area contributed by atoms with Crippen LogP contribution in [-0.4, -0.2) is 70.5 Å². The van der Waals surface area contributed by atoms with Gasteiger partial charge in [-0.1, -0.05) is 74.5 Å². The van der Waals surface area contributed by atoms with Crippen molar-refractivity contribution in [1.29, 1.82) is 0 Å². The van der Waals surface area contributed by atoms with E-state index < -0.39 is 65.8 Å². The molecule has 7 N–H and O–H groups in total. The number of primary amides is 2. The maximum Gasteiger partial charge on any atom is 0.408 e. The summed E-state index contributed by atoms with van der Waals surface area (Å²) in [5.74, 6) is -3.20. The van der Waals surface area contributed by atoms with Crippen LogP contribution in [0.2, 0.25) is 0 Å². The van der Waals surface area contributed by atoms with Gasteiger partial charge in [0.2, 0.25) is 17.7 Å². The molecule has 1 aliphatic rings. The molecule has 1 aliphatic heterocycles. The molecule has 2 unspecified atom stereocenters.